The SMILES string of the molecule is O=C(NS(=O)(=O)c1ccc(Br)cc1)C(=O)c1ccccc1. The van der Waals surface area contributed by atoms with E-state index in [9.17, 15) is 18.0 Å². The summed E-state index contributed by atoms with van der Waals surface area (Å²) >= 11 is 3.18. The molecule has 0 atom stereocenters. The zero-order valence-corrected chi connectivity index (χ0v) is 13.0. The van der Waals surface area contributed by atoms with Gasteiger partial charge >= 0.3 is 5.91 Å². The number of Topliss-reactive ketones (excluding diaryl/α,β-unsaturated/α-hetero) is 1. The lowest BCUT2D eigenvalue weighted by atomic mass is 10.1. The first-order chi connectivity index (χ1) is 9.90. The first kappa shape index (κ1) is 15.4. The number of sulfonamides is 1. The van der Waals surface area contributed by atoms with Gasteiger partial charge in [-0.25, -0.2) is 13.1 Å². The Bertz CT molecular complexity index is 770. The van der Waals surface area contributed by atoms with E-state index < -0.39 is 21.7 Å². The van der Waals surface area contributed by atoms with Crippen LogP contribution in [0, 0.1) is 0 Å². The summed E-state index contributed by atoms with van der Waals surface area (Å²) in [6.45, 7) is 0. The van der Waals surface area contributed by atoms with Crippen LogP contribution in [0.4, 0.5) is 0 Å². The van der Waals surface area contributed by atoms with Gasteiger partial charge in [-0.3, -0.25) is 9.59 Å². The highest BCUT2D eigenvalue weighted by molar-refractivity contribution is 9.10. The summed E-state index contributed by atoms with van der Waals surface area (Å²) in [7, 11) is -4.07. The molecule has 21 heavy (non-hydrogen) atoms. The minimum absolute atomic E-state index is 0.0973. The quantitative estimate of drug-likeness (QED) is 0.662. The monoisotopic (exact) mass is 367 g/mol. The van der Waals surface area contributed by atoms with Gasteiger partial charge in [-0.1, -0.05) is 46.3 Å². The van der Waals surface area contributed by atoms with Crippen molar-refractivity contribution < 1.29 is 18.0 Å². The molecule has 0 aliphatic carbocycles. The van der Waals surface area contributed by atoms with Gasteiger partial charge in [0, 0.05) is 10.0 Å². The third-order valence-corrected chi connectivity index (χ3v) is 4.47. The summed E-state index contributed by atoms with van der Waals surface area (Å²) in [5, 5.41) is 0. The van der Waals surface area contributed by atoms with Crippen molar-refractivity contribution in [2.45, 2.75) is 4.90 Å². The predicted molar refractivity (Wildman–Crippen MR) is 80.2 cm³/mol. The molecule has 0 radical (unpaired) electrons. The molecule has 1 N–H and O–H groups in total. The average Bonchev–Trinajstić information content (AvgIpc) is 2.47. The van der Waals surface area contributed by atoms with Gasteiger partial charge in [-0.05, 0) is 24.3 Å². The van der Waals surface area contributed by atoms with E-state index in [2.05, 4.69) is 15.9 Å². The van der Waals surface area contributed by atoms with Crippen LogP contribution in [0.2, 0.25) is 0 Å². The van der Waals surface area contributed by atoms with Crippen molar-refractivity contribution in [3.8, 4) is 0 Å². The summed E-state index contributed by atoms with van der Waals surface area (Å²) in [5.41, 5.74) is 0.126. The van der Waals surface area contributed by atoms with Crippen LogP contribution in [-0.2, 0) is 14.8 Å². The Balaban J connectivity index is 2.19. The zero-order valence-electron chi connectivity index (χ0n) is 10.6. The molecule has 7 heteroatoms. The minimum atomic E-state index is -4.07. The minimum Gasteiger partial charge on any atom is -0.283 e. The maximum absolute atomic E-state index is 12.0. The van der Waals surface area contributed by atoms with Crippen LogP contribution in [0.1, 0.15) is 10.4 Å². The molecule has 2 rings (SSSR count). The molecule has 5 nitrogen and oxygen atoms in total. The van der Waals surface area contributed by atoms with Crippen LogP contribution in [0.25, 0.3) is 0 Å². The van der Waals surface area contributed by atoms with Gasteiger partial charge in [0.2, 0.25) is 0 Å². The molecule has 2 aromatic carbocycles. The molecule has 0 aromatic heterocycles. The third kappa shape index (κ3) is 3.77. The highest BCUT2D eigenvalue weighted by Crippen LogP contribution is 2.14. The number of rotatable bonds is 4. The largest absolute Gasteiger partial charge is 0.306 e. The fourth-order valence-electron chi connectivity index (χ4n) is 1.56. The molecule has 0 saturated heterocycles. The smallest absolute Gasteiger partial charge is 0.283 e. The van der Waals surface area contributed by atoms with E-state index in [1.807, 2.05) is 0 Å². The maximum Gasteiger partial charge on any atom is 0.306 e. The number of carbonyl (C=O) groups is 2. The van der Waals surface area contributed by atoms with E-state index in [1.165, 1.54) is 36.4 Å². The van der Waals surface area contributed by atoms with Gasteiger partial charge < -0.3 is 0 Å². The molecule has 0 aliphatic heterocycles. The van der Waals surface area contributed by atoms with E-state index in [4.69, 9.17) is 0 Å². The van der Waals surface area contributed by atoms with Gasteiger partial charge in [-0.2, -0.15) is 0 Å². The van der Waals surface area contributed by atoms with Gasteiger partial charge in [0.15, 0.2) is 0 Å². The van der Waals surface area contributed by atoms with Crippen LogP contribution in [0.3, 0.4) is 0 Å². The van der Waals surface area contributed by atoms with E-state index in [1.54, 1.807) is 22.9 Å². The Hall–Kier alpha value is -1.99. The number of nitrogens with one attached hydrogen (secondary N) is 1. The standard InChI is InChI=1S/C14H10BrNO4S/c15-11-6-8-12(9-7-11)21(19,20)16-14(18)13(17)10-4-2-1-3-5-10/h1-9H,(H,16,18). The highest BCUT2D eigenvalue weighted by atomic mass is 79.9. The van der Waals surface area contributed by atoms with Crippen molar-refractivity contribution in [3.63, 3.8) is 0 Å². The fraction of sp³-hybridized carbons (Fsp3) is 0. The second-order valence-electron chi connectivity index (χ2n) is 4.08. The number of benzene rings is 2. The molecule has 108 valence electrons. The summed E-state index contributed by atoms with van der Waals surface area (Å²) < 4.78 is 26.4. The van der Waals surface area contributed by atoms with Crippen molar-refractivity contribution in [2.24, 2.45) is 0 Å². The molecule has 0 spiro atoms. The molecule has 0 saturated carbocycles. The van der Waals surface area contributed by atoms with Crippen LogP contribution in [0.5, 0.6) is 0 Å². The second kappa shape index (κ2) is 6.19. The van der Waals surface area contributed by atoms with Crippen LogP contribution in [-0.4, -0.2) is 20.1 Å². The van der Waals surface area contributed by atoms with Crippen LogP contribution in [0.15, 0.2) is 64.0 Å². The molecule has 0 bridgehead atoms. The molecule has 0 heterocycles. The summed E-state index contributed by atoms with van der Waals surface area (Å²) in [4.78, 5) is 23.5. The Morgan fingerprint density at radius 1 is 0.905 bits per heavy atom. The van der Waals surface area contributed by atoms with Crippen molar-refractivity contribution in [2.75, 3.05) is 0 Å². The van der Waals surface area contributed by atoms with Crippen molar-refractivity contribution in [3.05, 3.63) is 64.6 Å². The van der Waals surface area contributed by atoms with E-state index in [0.29, 0.717) is 4.47 Å². The Morgan fingerprint density at radius 3 is 2.05 bits per heavy atom. The second-order valence-corrected chi connectivity index (χ2v) is 6.68. The number of hydrogen-bond acceptors (Lipinski definition) is 4. The molecule has 0 unspecified atom stereocenters. The van der Waals surface area contributed by atoms with Crippen LogP contribution < -0.4 is 4.72 Å². The first-order valence-corrected chi connectivity index (χ1v) is 8.10. The third-order valence-electron chi connectivity index (χ3n) is 2.59. The summed E-state index contributed by atoms with van der Waals surface area (Å²) in [6.07, 6.45) is 0. The summed E-state index contributed by atoms with van der Waals surface area (Å²) in [6, 6.07) is 13.4. The number of halogens is 1. The topological polar surface area (TPSA) is 80.3 Å². The summed E-state index contributed by atoms with van der Waals surface area (Å²) in [5.74, 6) is -2.10. The van der Waals surface area contributed by atoms with Gasteiger partial charge in [0.25, 0.3) is 15.8 Å². The lowest BCUT2D eigenvalue weighted by Gasteiger charge is -2.06. The number of carbonyl (C=O) groups excluding carboxylic acids is 2. The van der Waals surface area contributed by atoms with Gasteiger partial charge in [0.05, 0.1) is 4.90 Å². The van der Waals surface area contributed by atoms with Crippen molar-refractivity contribution in [1.82, 2.24) is 4.72 Å². The van der Waals surface area contributed by atoms with E-state index in [-0.39, 0.29) is 10.5 Å². The maximum atomic E-state index is 12.0. The van der Waals surface area contributed by atoms with Gasteiger partial charge in [0.1, 0.15) is 0 Å². The van der Waals surface area contributed by atoms with E-state index in [0.717, 1.165) is 0 Å². The molecule has 1 amide bonds. The fourth-order valence-corrected chi connectivity index (χ4v) is 2.78. The first-order valence-electron chi connectivity index (χ1n) is 5.82. The Morgan fingerprint density at radius 2 is 1.48 bits per heavy atom. The van der Waals surface area contributed by atoms with Crippen molar-refractivity contribution >= 4 is 37.6 Å². The number of hydrogen-bond donors (Lipinski definition) is 1. The number of amides is 1. The Kier molecular flexibility index (Phi) is 4.54. The van der Waals surface area contributed by atoms with Crippen LogP contribution >= 0.6 is 15.9 Å². The Labute approximate surface area is 130 Å². The predicted octanol–water partition coefficient (Wildman–Crippen LogP) is 2.14. The zero-order chi connectivity index (χ0) is 15.5. The highest BCUT2D eigenvalue weighted by Gasteiger charge is 2.23. The molecule has 0 aliphatic rings. The molecular weight excluding hydrogens is 358 g/mol. The lowest BCUT2D eigenvalue weighted by Crippen LogP contribution is -2.36. The molecular formula is C14H10BrNO4S. The molecule has 2 aromatic rings. The molecule has 0 fully saturated rings. The van der Waals surface area contributed by atoms with Gasteiger partial charge in [-0.15, -0.1) is 0 Å². The lowest BCUT2D eigenvalue weighted by molar-refractivity contribution is -0.115. The van der Waals surface area contributed by atoms with Crippen molar-refractivity contribution in [1.29, 1.82) is 0 Å². The average molecular weight is 368 g/mol. The normalized spacial score (nSPS) is 10.9. The number of ketones is 1. The van der Waals surface area contributed by atoms with E-state index >= 15 is 0 Å².